The van der Waals surface area contributed by atoms with Crippen LogP contribution in [-0.4, -0.2) is 27.6 Å². The number of hydrogen-bond donors (Lipinski definition) is 1. The van der Waals surface area contributed by atoms with Crippen LogP contribution in [0.5, 0.6) is 5.75 Å². The summed E-state index contributed by atoms with van der Waals surface area (Å²) in [5.74, 6) is 0.832. The van der Waals surface area contributed by atoms with Gasteiger partial charge in [-0.25, -0.2) is 4.68 Å². The molecule has 0 saturated carbocycles. The van der Waals surface area contributed by atoms with Crippen molar-refractivity contribution < 1.29 is 4.74 Å². The van der Waals surface area contributed by atoms with Crippen molar-refractivity contribution in [2.45, 2.75) is 32.9 Å². The van der Waals surface area contributed by atoms with Crippen molar-refractivity contribution in [1.29, 1.82) is 0 Å². The second kappa shape index (κ2) is 5.40. The second-order valence-electron chi connectivity index (χ2n) is 5.44. The summed E-state index contributed by atoms with van der Waals surface area (Å²) in [7, 11) is 1.66. The molecule has 19 heavy (non-hydrogen) atoms. The van der Waals surface area contributed by atoms with E-state index in [9.17, 15) is 0 Å². The molecular weight excluding hydrogens is 240 g/mol. The molecule has 5 heteroatoms. The molecule has 0 radical (unpaired) electrons. The Kier molecular flexibility index (Phi) is 3.85. The van der Waals surface area contributed by atoms with Gasteiger partial charge < -0.3 is 10.1 Å². The normalized spacial score (nSPS) is 11.6. The van der Waals surface area contributed by atoms with Gasteiger partial charge in [-0.3, -0.25) is 0 Å². The molecule has 0 amide bonds. The molecule has 0 aliphatic carbocycles. The molecule has 0 saturated heterocycles. The molecule has 0 spiro atoms. The van der Waals surface area contributed by atoms with Gasteiger partial charge >= 0.3 is 0 Å². The molecule has 1 heterocycles. The molecule has 0 aliphatic heterocycles. The Labute approximate surface area is 113 Å². The Balaban J connectivity index is 2.18. The molecule has 1 N–H and O–H groups in total. The van der Waals surface area contributed by atoms with E-state index in [2.05, 4.69) is 36.4 Å². The van der Waals surface area contributed by atoms with Gasteiger partial charge in [-0.15, -0.1) is 5.10 Å². The van der Waals surface area contributed by atoms with Gasteiger partial charge in [0.2, 0.25) is 0 Å². The summed E-state index contributed by atoms with van der Waals surface area (Å²) in [5, 5.41) is 11.5. The average Bonchev–Trinajstić information content (AvgIpc) is 2.84. The lowest BCUT2D eigenvalue weighted by molar-refractivity contribution is 0.414. The van der Waals surface area contributed by atoms with Gasteiger partial charge in [-0.1, -0.05) is 5.21 Å². The van der Waals surface area contributed by atoms with E-state index in [0.29, 0.717) is 0 Å². The third-order valence-corrected chi connectivity index (χ3v) is 2.74. The van der Waals surface area contributed by atoms with Gasteiger partial charge in [0.05, 0.1) is 24.7 Å². The monoisotopic (exact) mass is 260 g/mol. The van der Waals surface area contributed by atoms with Gasteiger partial charge in [0.1, 0.15) is 5.75 Å². The van der Waals surface area contributed by atoms with Crippen LogP contribution in [0.15, 0.2) is 30.5 Å². The van der Waals surface area contributed by atoms with E-state index >= 15 is 0 Å². The Bertz CT molecular complexity index is 525. The molecule has 102 valence electrons. The van der Waals surface area contributed by atoms with Crippen LogP contribution >= 0.6 is 0 Å². The molecule has 1 aromatic carbocycles. The summed E-state index contributed by atoms with van der Waals surface area (Å²) < 4.78 is 6.98. The maximum absolute atomic E-state index is 5.15. The number of nitrogens with one attached hydrogen (secondary N) is 1. The lowest BCUT2D eigenvalue weighted by Crippen LogP contribution is -2.35. The molecule has 2 aromatic rings. The molecule has 0 aliphatic rings. The molecular formula is C14H20N4O. The number of hydrogen-bond acceptors (Lipinski definition) is 4. The zero-order valence-electron chi connectivity index (χ0n) is 11.8. The van der Waals surface area contributed by atoms with Crippen molar-refractivity contribution >= 4 is 0 Å². The number of benzene rings is 1. The molecule has 2 rings (SSSR count). The van der Waals surface area contributed by atoms with E-state index < -0.39 is 0 Å². The average molecular weight is 260 g/mol. The number of aromatic nitrogens is 3. The lowest BCUT2D eigenvalue weighted by atomic mass is 10.1. The minimum Gasteiger partial charge on any atom is -0.497 e. The fourth-order valence-corrected chi connectivity index (χ4v) is 1.67. The van der Waals surface area contributed by atoms with Crippen LogP contribution in [0.3, 0.4) is 0 Å². The topological polar surface area (TPSA) is 52.0 Å². The van der Waals surface area contributed by atoms with E-state index in [1.807, 2.05) is 28.9 Å². The highest BCUT2D eigenvalue weighted by Crippen LogP contribution is 2.15. The summed E-state index contributed by atoms with van der Waals surface area (Å²) in [5.41, 5.74) is 2.07. The maximum Gasteiger partial charge on any atom is 0.119 e. The number of nitrogens with zero attached hydrogens (tertiary/aromatic N) is 3. The summed E-state index contributed by atoms with van der Waals surface area (Å²) in [6, 6.07) is 7.76. The van der Waals surface area contributed by atoms with Crippen LogP contribution in [-0.2, 0) is 6.54 Å². The van der Waals surface area contributed by atoms with Gasteiger partial charge in [0.15, 0.2) is 0 Å². The van der Waals surface area contributed by atoms with Gasteiger partial charge in [0, 0.05) is 12.1 Å². The Morgan fingerprint density at radius 1 is 1.21 bits per heavy atom. The number of methoxy groups -OCH3 is 1. The predicted octanol–water partition coefficient (Wildman–Crippen LogP) is 2.16. The Morgan fingerprint density at radius 3 is 2.47 bits per heavy atom. The minimum atomic E-state index is 0.0645. The van der Waals surface area contributed by atoms with Crippen molar-refractivity contribution in [2.75, 3.05) is 7.11 Å². The highest BCUT2D eigenvalue weighted by molar-refractivity contribution is 5.37. The van der Waals surface area contributed by atoms with E-state index in [1.54, 1.807) is 13.3 Å². The highest BCUT2D eigenvalue weighted by Gasteiger charge is 2.12. The van der Waals surface area contributed by atoms with Crippen LogP contribution < -0.4 is 10.1 Å². The van der Waals surface area contributed by atoms with Crippen LogP contribution in [0.25, 0.3) is 5.69 Å². The van der Waals surface area contributed by atoms with Gasteiger partial charge in [-0.05, 0) is 45.0 Å². The number of ether oxygens (including phenoxy) is 1. The van der Waals surface area contributed by atoms with Crippen LogP contribution in [0.4, 0.5) is 0 Å². The molecule has 0 atom stereocenters. The minimum absolute atomic E-state index is 0.0645. The summed E-state index contributed by atoms with van der Waals surface area (Å²) >= 11 is 0. The second-order valence-corrected chi connectivity index (χ2v) is 5.44. The zero-order valence-corrected chi connectivity index (χ0v) is 11.8. The van der Waals surface area contributed by atoms with Crippen LogP contribution in [0.1, 0.15) is 26.5 Å². The van der Waals surface area contributed by atoms with Crippen molar-refractivity contribution in [2.24, 2.45) is 0 Å². The fourth-order valence-electron chi connectivity index (χ4n) is 1.67. The van der Waals surface area contributed by atoms with E-state index in [-0.39, 0.29) is 5.54 Å². The van der Waals surface area contributed by atoms with Crippen molar-refractivity contribution in [3.63, 3.8) is 0 Å². The fraction of sp³-hybridized carbons (Fsp3) is 0.429. The SMILES string of the molecule is COc1ccc(-n2nncc2CNC(C)(C)C)cc1. The predicted molar refractivity (Wildman–Crippen MR) is 74.5 cm³/mol. The standard InChI is InChI=1S/C14H20N4O/c1-14(2,3)15-9-12-10-16-17-18(12)11-5-7-13(19-4)8-6-11/h5-8,10,15H,9H2,1-4H3. The Morgan fingerprint density at radius 2 is 1.89 bits per heavy atom. The first kappa shape index (κ1) is 13.5. The van der Waals surface area contributed by atoms with E-state index in [0.717, 1.165) is 23.7 Å². The van der Waals surface area contributed by atoms with Crippen LogP contribution in [0.2, 0.25) is 0 Å². The summed E-state index contributed by atoms with van der Waals surface area (Å²) in [4.78, 5) is 0. The first-order valence-corrected chi connectivity index (χ1v) is 6.28. The van der Waals surface area contributed by atoms with Crippen LogP contribution in [0, 0.1) is 0 Å². The quantitative estimate of drug-likeness (QED) is 0.915. The Hall–Kier alpha value is -1.88. The molecule has 0 bridgehead atoms. The zero-order chi connectivity index (χ0) is 13.9. The van der Waals surface area contributed by atoms with Crippen molar-refractivity contribution in [3.8, 4) is 11.4 Å². The van der Waals surface area contributed by atoms with E-state index in [1.165, 1.54) is 0 Å². The molecule has 0 fully saturated rings. The molecule has 5 nitrogen and oxygen atoms in total. The largest absolute Gasteiger partial charge is 0.497 e. The molecule has 1 aromatic heterocycles. The van der Waals surface area contributed by atoms with Gasteiger partial charge in [0.25, 0.3) is 0 Å². The molecule has 0 unspecified atom stereocenters. The summed E-state index contributed by atoms with van der Waals surface area (Å²) in [6.45, 7) is 7.13. The first-order valence-electron chi connectivity index (χ1n) is 6.28. The highest BCUT2D eigenvalue weighted by atomic mass is 16.5. The number of rotatable bonds is 4. The lowest BCUT2D eigenvalue weighted by Gasteiger charge is -2.20. The maximum atomic E-state index is 5.15. The van der Waals surface area contributed by atoms with Crippen molar-refractivity contribution in [3.05, 3.63) is 36.2 Å². The smallest absolute Gasteiger partial charge is 0.119 e. The van der Waals surface area contributed by atoms with Crippen molar-refractivity contribution in [1.82, 2.24) is 20.3 Å². The first-order chi connectivity index (χ1) is 8.99. The van der Waals surface area contributed by atoms with Gasteiger partial charge in [-0.2, -0.15) is 0 Å². The summed E-state index contributed by atoms with van der Waals surface area (Å²) in [6.07, 6.45) is 1.78. The third-order valence-electron chi connectivity index (χ3n) is 2.74. The third kappa shape index (κ3) is 3.54. The van der Waals surface area contributed by atoms with E-state index in [4.69, 9.17) is 4.74 Å².